The Balaban J connectivity index is 2.33. The van der Waals surface area contributed by atoms with Crippen molar-refractivity contribution in [3.63, 3.8) is 0 Å². The van der Waals surface area contributed by atoms with Crippen LogP contribution in [0.3, 0.4) is 0 Å². The number of rotatable bonds is 4. The number of benzene rings is 1. The average Bonchev–Trinajstić information content (AvgIpc) is 2.80. The number of halogens is 1. The normalized spacial score (nSPS) is 12.3. The van der Waals surface area contributed by atoms with Gasteiger partial charge < -0.3 is 5.73 Å². The number of nitrogens with one attached hydrogen (secondary N) is 1. The third kappa shape index (κ3) is 3.59. The van der Waals surface area contributed by atoms with Gasteiger partial charge in [-0.3, -0.25) is 4.72 Å². The second kappa shape index (κ2) is 5.38. The number of sulfonamides is 2. The van der Waals surface area contributed by atoms with Crippen LogP contribution < -0.4 is 15.6 Å². The molecule has 0 atom stereocenters. The molecular weight excluding hydrogens is 362 g/mol. The Morgan fingerprint density at radius 1 is 1.19 bits per heavy atom. The van der Waals surface area contributed by atoms with E-state index in [0.29, 0.717) is 11.3 Å². The number of nitrogen functional groups attached to an aromatic ring is 1. The van der Waals surface area contributed by atoms with Gasteiger partial charge in [-0.15, -0.1) is 10.2 Å². The fourth-order valence-electron chi connectivity index (χ4n) is 1.21. The molecule has 0 unspecified atom stereocenters. The van der Waals surface area contributed by atoms with Crippen LogP contribution in [0.2, 0.25) is 5.02 Å². The number of nitrogens with two attached hydrogens (primary N) is 2. The Morgan fingerprint density at radius 3 is 2.38 bits per heavy atom. The van der Waals surface area contributed by atoms with Crippen molar-refractivity contribution in [2.24, 2.45) is 5.14 Å². The van der Waals surface area contributed by atoms with E-state index in [4.69, 9.17) is 22.5 Å². The largest absolute Gasteiger partial charge is 0.398 e. The van der Waals surface area contributed by atoms with E-state index in [1.165, 1.54) is 12.1 Å². The van der Waals surface area contributed by atoms with E-state index in [1.807, 2.05) is 0 Å². The molecule has 0 spiro atoms. The molecule has 0 fully saturated rings. The van der Waals surface area contributed by atoms with Gasteiger partial charge in [0.2, 0.25) is 9.47 Å². The predicted molar refractivity (Wildman–Crippen MR) is 78.0 cm³/mol. The van der Waals surface area contributed by atoms with Crippen LogP contribution in [-0.4, -0.2) is 27.0 Å². The molecule has 0 bridgehead atoms. The average molecular weight is 370 g/mol. The Bertz CT molecular complexity index is 892. The highest BCUT2D eigenvalue weighted by molar-refractivity contribution is 7.93. The molecule has 21 heavy (non-hydrogen) atoms. The zero-order valence-electron chi connectivity index (χ0n) is 10.0. The first-order chi connectivity index (χ1) is 9.59. The molecule has 0 aliphatic heterocycles. The topological polar surface area (TPSA) is 158 Å². The minimum absolute atomic E-state index is 0.0698. The molecule has 0 aliphatic rings. The van der Waals surface area contributed by atoms with Crippen LogP contribution in [-0.2, 0) is 20.0 Å². The van der Waals surface area contributed by atoms with E-state index >= 15 is 0 Å². The predicted octanol–water partition coefficient (Wildman–Crippen LogP) is 0.222. The summed E-state index contributed by atoms with van der Waals surface area (Å²) in [5.41, 5.74) is 5.71. The number of nitrogens with zero attached hydrogens (tertiary/aromatic N) is 2. The first-order valence-electron chi connectivity index (χ1n) is 5.04. The fraction of sp³-hybridized carbons (Fsp3) is 0. The zero-order chi connectivity index (χ0) is 15.8. The van der Waals surface area contributed by atoms with Crippen molar-refractivity contribution >= 4 is 53.8 Å². The first-order valence-corrected chi connectivity index (χ1v) is 9.26. The molecule has 0 amide bonds. The van der Waals surface area contributed by atoms with E-state index in [-0.39, 0.29) is 20.7 Å². The van der Waals surface area contributed by atoms with Gasteiger partial charge in [-0.2, -0.15) is 0 Å². The fourth-order valence-corrected chi connectivity index (χ4v) is 4.05. The van der Waals surface area contributed by atoms with Crippen LogP contribution in [0.15, 0.2) is 27.4 Å². The third-order valence-corrected chi connectivity index (χ3v) is 6.10. The van der Waals surface area contributed by atoms with Crippen molar-refractivity contribution < 1.29 is 16.8 Å². The molecule has 0 radical (unpaired) electrons. The molecule has 1 aromatic heterocycles. The van der Waals surface area contributed by atoms with Crippen LogP contribution in [0, 0.1) is 0 Å². The Kier molecular flexibility index (Phi) is 4.08. The molecule has 9 nitrogen and oxygen atoms in total. The third-order valence-electron chi connectivity index (χ3n) is 2.15. The van der Waals surface area contributed by atoms with E-state index in [2.05, 4.69) is 14.9 Å². The van der Waals surface area contributed by atoms with Gasteiger partial charge in [0, 0.05) is 0 Å². The first kappa shape index (κ1) is 15.9. The minimum Gasteiger partial charge on any atom is -0.398 e. The van der Waals surface area contributed by atoms with Gasteiger partial charge in [-0.05, 0) is 18.2 Å². The molecule has 0 aliphatic carbocycles. The van der Waals surface area contributed by atoms with E-state index < -0.39 is 24.4 Å². The van der Waals surface area contributed by atoms with E-state index in [9.17, 15) is 16.8 Å². The van der Waals surface area contributed by atoms with Crippen molar-refractivity contribution in [2.75, 3.05) is 10.5 Å². The van der Waals surface area contributed by atoms with Crippen molar-refractivity contribution in [1.29, 1.82) is 0 Å². The van der Waals surface area contributed by atoms with Crippen LogP contribution in [0.5, 0.6) is 0 Å². The quantitative estimate of drug-likeness (QED) is 0.650. The van der Waals surface area contributed by atoms with Gasteiger partial charge in [-0.25, -0.2) is 22.0 Å². The van der Waals surface area contributed by atoms with Crippen molar-refractivity contribution in [1.82, 2.24) is 10.2 Å². The highest BCUT2D eigenvalue weighted by Gasteiger charge is 2.20. The summed E-state index contributed by atoms with van der Waals surface area (Å²) in [6, 6.07) is 3.72. The molecule has 1 heterocycles. The summed E-state index contributed by atoms with van der Waals surface area (Å²) in [6.45, 7) is 0. The highest BCUT2D eigenvalue weighted by atomic mass is 35.5. The molecule has 2 aromatic rings. The van der Waals surface area contributed by atoms with Crippen molar-refractivity contribution in [3.05, 3.63) is 23.2 Å². The molecule has 5 N–H and O–H groups in total. The number of hydrogen-bond acceptors (Lipinski definition) is 8. The summed E-state index contributed by atoms with van der Waals surface area (Å²) < 4.78 is 47.8. The number of aromatic nitrogens is 2. The van der Waals surface area contributed by atoms with E-state index in [1.54, 1.807) is 0 Å². The summed E-state index contributed by atoms with van der Waals surface area (Å²) in [4.78, 5) is -0.158. The van der Waals surface area contributed by atoms with Gasteiger partial charge in [0.15, 0.2) is 0 Å². The summed E-state index contributed by atoms with van der Waals surface area (Å²) in [7, 11) is -8.04. The van der Waals surface area contributed by atoms with Crippen molar-refractivity contribution in [2.45, 2.75) is 9.24 Å². The maximum absolute atomic E-state index is 12.1. The van der Waals surface area contributed by atoms with Gasteiger partial charge >= 0.3 is 0 Å². The van der Waals surface area contributed by atoms with E-state index in [0.717, 1.165) is 6.07 Å². The number of primary sulfonamides is 1. The Labute approximate surface area is 129 Å². The lowest BCUT2D eigenvalue weighted by atomic mass is 10.3. The lowest BCUT2D eigenvalue weighted by molar-refractivity contribution is 0.595. The molecule has 2 rings (SSSR count). The van der Waals surface area contributed by atoms with Crippen LogP contribution in [0.4, 0.5) is 10.8 Å². The molecule has 0 saturated heterocycles. The summed E-state index contributed by atoms with van der Waals surface area (Å²) in [5.74, 6) is 0. The second-order valence-electron chi connectivity index (χ2n) is 3.71. The second-order valence-corrected chi connectivity index (χ2v) is 8.51. The summed E-state index contributed by atoms with van der Waals surface area (Å²) >= 11 is 6.23. The Morgan fingerprint density at radius 2 is 1.86 bits per heavy atom. The smallest absolute Gasteiger partial charge is 0.267 e. The van der Waals surface area contributed by atoms with Gasteiger partial charge in [0.25, 0.3) is 20.0 Å². The van der Waals surface area contributed by atoms with Crippen molar-refractivity contribution in [3.8, 4) is 0 Å². The molecule has 1 aromatic carbocycles. The maximum Gasteiger partial charge on any atom is 0.267 e. The lowest BCUT2D eigenvalue weighted by Crippen LogP contribution is -2.13. The van der Waals surface area contributed by atoms with Crippen LogP contribution in [0.25, 0.3) is 0 Å². The monoisotopic (exact) mass is 369 g/mol. The maximum atomic E-state index is 12.1. The summed E-state index contributed by atoms with van der Waals surface area (Å²) in [5, 5.41) is 11.4. The van der Waals surface area contributed by atoms with Gasteiger partial charge in [0.1, 0.15) is 0 Å². The molecule has 0 saturated carbocycles. The molecule has 114 valence electrons. The van der Waals surface area contributed by atoms with Crippen LogP contribution >= 0.6 is 22.9 Å². The minimum atomic E-state index is -4.04. The zero-order valence-corrected chi connectivity index (χ0v) is 13.2. The molecular formula is C8H8ClN5O4S3. The number of anilines is 2. The molecule has 13 heteroatoms. The van der Waals surface area contributed by atoms with Crippen LogP contribution in [0.1, 0.15) is 0 Å². The van der Waals surface area contributed by atoms with Gasteiger partial charge in [0.05, 0.1) is 15.6 Å². The highest BCUT2D eigenvalue weighted by Crippen LogP contribution is 2.25. The number of hydrogen-bond donors (Lipinski definition) is 3. The standard InChI is InChI=1S/C8H8ClN5O4S3/c9-5-3-4(1-2-6(5)10)21(17,18)14-7-12-13-8(19-7)20(11,15)16/h1-3H,10H2,(H,12,14)(H2,11,15,16). The van der Waals surface area contributed by atoms with Gasteiger partial charge in [-0.1, -0.05) is 22.9 Å². The Hall–Kier alpha value is -1.47. The SMILES string of the molecule is Nc1ccc(S(=O)(=O)Nc2nnc(S(N)(=O)=O)s2)cc1Cl. The summed E-state index contributed by atoms with van der Waals surface area (Å²) in [6.07, 6.45) is 0. The lowest BCUT2D eigenvalue weighted by Gasteiger charge is -2.06.